The van der Waals surface area contributed by atoms with Crippen LogP contribution in [-0.2, 0) is 19.4 Å². The largest absolute Gasteiger partial charge is 0.498 e. The third-order valence-corrected chi connectivity index (χ3v) is 7.03. The zero-order valence-electron chi connectivity index (χ0n) is 16.3. The first-order valence-electron chi connectivity index (χ1n) is 9.68. The second kappa shape index (κ2) is 9.58. The average molecular weight is 384 g/mol. The van der Waals surface area contributed by atoms with E-state index in [0.29, 0.717) is 11.5 Å². The number of hydrogen-bond donors (Lipinski definition) is 0. The lowest BCUT2D eigenvalue weighted by atomic mass is 9.93. The average Bonchev–Trinajstić information content (AvgIpc) is 3.37. The van der Waals surface area contributed by atoms with Gasteiger partial charge < -0.3 is 9.64 Å². The topological polar surface area (TPSA) is 63.7 Å². The molecule has 2 rings (SSSR count). The van der Waals surface area contributed by atoms with Crippen LogP contribution in [0.2, 0.25) is 0 Å². The molecule has 1 amide bonds. The predicted octanol–water partition coefficient (Wildman–Crippen LogP) is 3.53. The van der Waals surface area contributed by atoms with Crippen molar-refractivity contribution in [2.75, 3.05) is 26.0 Å². The Labute approximate surface area is 158 Å². The summed E-state index contributed by atoms with van der Waals surface area (Å²) in [5.74, 6) is 3.20. The third kappa shape index (κ3) is 6.78. The molecule has 1 saturated carbocycles. The predicted molar refractivity (Wildman–Crippen MR) is 104 cm³/mol. The highest BCUT2D eigenvalue weighted by molar-refractivity contribution is 7.94. The van der Waals surface area contributed by atoms with Gasteiger partial charge in [0.2, 0.25) is 6.41 Å². The quantitative estimate of drug-likeness (QED) is 0.264. The Morgan fingerprint density at radius 3 is 2.65 bits per heavy atom. The number of carbonyl (C=O) groups is 1. The number of ether oxygens (including phenoxy) is 1. The van der Waals surface area contributed by atoms with E-state index in [0.717, 1.165) is 62.3 Å². The summed E-state index contributed by atoms with van der Waals surface area (Å²) in [7, 11) is -3.11. The fourth-order valence-corrected chi connectivity index (χ4v) is 4.16. The van der Waals surface area contributed by atoms with Crippen LogP contribution in [-0.4, -0.2) is 45.7 Å². The van der Waals surface area contributed by atoms with Crippen molar-refractivity contribution in [3.63, 3.8) is 0 Å². The number of sulfone groups is 1. The number of amides is 1. The van der Waals surface area contributed by atoms with Gasteiger partial charge in [-0.15, -0.1) is 0 Å². The number of nitrogens with zero attached hydrogens (tertiary/aromatic N) is 1. The number of allylic oxidation sites excluding steroid dienone is 4. The van der Waals surface area contributed by atoms with E-state index in [1.54, 1.807) is 19.1 Å². The van der Waals surface area contributed by atoms with E-state index < -0.39 is 9.84 Å². The van der Waals surface area contributed by atoms with Crippen LogP contribution in [0.5, 0.6) is 0 Å². The highest BCUT2D eigenvalue weighted by Gasteiger charge is 2.42. The second-order valence-corrected chi connectivity index (χ2v) is 10.00. The Bertz CT molecular complexity index is 638. The molecule has 2 aliphatic rings. The third-order valence-electron chi connectivity index (χ3n) is 5.73. The van der Waals surface area contributed by atoms with Crippen LogP contribution in [0.15, 0.2) is 22.8 Å². The zero-order chi connectivity index (χ0) is 19.2. The molecule has 148 valence electrons. The lowest BCUT2D eigenvalue weighted by Gasteiger charge is -2.15. The van der Waals surface area contributed by atoms with Crippen LogP contribution in [0.4, 0.5) is 0 Å². The molecule has 0 N–H and O–H groups in total. The molecule has 0 spiro atoms. The van der Waals surface area contributed by atoms with E-state index in [9.17, 15) is 13.2 Å². The van der Waals surface area contributed by atoms with Gasteiger partial charge in [-0.1, -0.05) is 0 Å². The zero-order valence-corrected chi connectivity index (χ0v) is 17.1. The van der Waals surface area contributed by atoms with Crippen LogP contribution in [0.1, 0.15) is 52.4 Å². The van der Waals surface area contributed by atoms with E-state index in [1.165, 1.54) is 25.5 Å². The molecule has 6 heteroatoms. The van der Waals surface area contributed by atoms with E-state index in [2.05, 4.69) is 0 Å². The summed E-state index contributed by atoms with van der Waals surface area (Å²) >= 11 is 0. The molecule has 1 aliphatic carbocycles. The van der Waals surface area contributed by atoms with Crippen molar-refractivity contribution in [1.29, 1.82) is 0 Å². The van der Waals surface area contributed by atoms with Gasteiger partial charge in [0.25, 0.3) is 0 Å². The first-order chi connectivity index (χ1) is 12.3. The van der Waals surface area contributed by atoms with Crippen molar-refractivity contribution >= 4 is 16.2 Å². The Hall–Kier alpha value is -1.30. The van der Waals surface area contributed by atoms with Crippen molar-refractivity contribution in [3.05, 3.63) is 22.8 Å². The van der Waals surface area contributed by atoms with Crippen molar-refractivity contribution in [3.8, 4) is 0 Å². The number of carbonyl (C=O) groups excluding carboxylic acids is 1. The fraction of sp³-hybridized carbons (Fsp3) is 0.750. The molecular formula is C20H33NO4S. The fourth-order valence-electron chi connectivity index (χ4n) is 3.84. The molecule has 3 atom stereocenters. The molecule has 0 aromatic carbocycles. The smallest absolute Gasteiger partial charge is 0.209 e. The standard InChI is InChI=1S/C20H33NO4S/c1-16(8-9-17(2)26(3,23)24)25-13-5-7-19-14-20(19)18-6-4-11-21(15-22)12-10-18/h8-9,15,18-20H,4-7,10-14H2,1-3H3/b16-8+,17-9+/t18?,19-,20-/m1/s1. The van der Waals surface area contributed by atoms with Gasteiger partial charge in [-0.25, -0.2) is 8.42 Å². The Morgan fingerprint density at radius 2 is 1.96 bits per heavy atom. The van der Waals surface area contributed by atoms with Gasteiger partial charge in [0.15, 0.2) is 9.84 Å². The van der Waals surface area contributed by atoms with Gasteiger partial charge in [0.1, 0.15) is 0 Å². The normalized spacial score (nSPS) is 27.8. The summed E-state index contributed by atoms with van der Waals surface area (Å²) in [6.07, 6.45) is 12.6. The van der Waals surface area contributed by atoms with Crippen molar-refractivity contribution < 1.29 is 17.9 Å². The molecule has 0 aromatic rings. The highest BCUT2D eigenvalue weighted by atomic mass is 32.2. The van der Waals surface area contributed by atoms with E-state index >= 15 is 0 Å². The summed E-state index contributed by atoms with van der Waals surface area (Å²) < 4.78 is 28.4. The van der Waals surface area contributed by atoms with Crippen LogP contribution >= 0.6 is 0 Å². The van der Waals surface area contributed by atoms with Gasteiger partial charge in [-0.3, -0.25) is 4.79 Å². The minimum Gasteiger partial charge on any atom is -0.498 e. The van der Waals surface area contributed by atoms with Crippen molar-refractivity contribution in [2.24, 2.45) is 17.8 Å². The summed E-state index contributed by atoms with van der Waals surface area (Å²) in [6, 6.07) is 0. The lowest BCUT2D eigenvalue weighted by molar-refractivity contribution is -0.118. The van der Waals surface area contributed by atoms with Gasteiger partial charge in [-0.05, 0) is 82.3 Å². The molecule has 1 heterocycles. The molecule has 5 nitrogen and oxygen atoms in total. The molecule has 1 unspecified atom stereocenters. The molecule has 2 fully saturated rings. The summed E-state index contributed by atoms with van der Waals surface area (Å²) in [5.41, 5.74) is 0. The Kier molecular flexibility index (Phi) is 7.74. The van der Waals surface area contributed by atoms with Gasteiger partial charge in [-0.2, -0.15) is 0 Å². The van der Waals surface area contributed by atoms with Crippen molar-refractivity contribution in [2.45, 2.75) is 52.4 Å². The van der Waals surface area contributed by atoms with Crippen LogP contribution < -0.4 is 0 Å². The first kappa shape index (κ1) is 21.0. The summed E-state index contributed by atoms with van der Waals surface area (Å²) in [4.78, 5) is 13.2. The van der Waals surface area contributed by atoms with Crippen LogP contribution in [0, 0.1) is 17.8 Å². The first-order valence-corrected chi connectivity index (χ1v) is 11.6. The highest BCUT2D eigenvalue weighted by Crippen LogP contribution is 2.50. The van der Waals surface area contributed by atoms with Crippen LogP contribution in [0.3, 0.4) is 0 Å². The maximum Gasteiger partial charge on any atom is 0.209 e. The maximum atomic E-state index is 11.3. The van der Waals surface area contributed by atoms with Gasteiger partial charge in [0.05, 0.1) is 12.4 Å². The molecule has 1 aliphatic heterocycles. The van der Waals surface area contributed by atoms with Crippen molar-refractivity contribution in [1.82, 2.24) is 4.90 Å². The summed E-state index contributed by atoms with van der Waals surface area (Å²) in [5, 5.41) is 0. The molecule has 1 saturated heterocycles. The number of likely N-dealkylation sites (tertiary alicyclic amines) is 1. The minimum atomic E-state index is -3.11. The van der Waals surface area contributed by atoms with Crippen LogP contribution in [0.25, 0.3) is 0 Å². The minimum absolute atomic E-state index is 0.345. The number of rotatable bonds is 9. The monoisotopic (exact) mass is 383 g/mol. The Balaban J connectivity index is 1.63. The van der Waals surface area contributed by atoms with E-state index in [-0.39, 0.29) is 0 Å². The molecule has 0 aromatic heterocycles. The second-order valence-electron chi connectivity index (χ2n) is 7.81. The van der Waals surface area contributed by atoms with Gasteiger partial charge in [0, 0.05) is 24.3 Å². The van der Waals surface area contributed by atoms with E-state index in [1.807, 2.05) is 11.8 Å². The lowest BCUT2D eigenvalue weighted by Crippen LogP contribution is -2.22. The summed E-state index contributed by atoms with van der Waals surface area (Å²) in [6.45, 7) is 5.97. The maximum absolute atomic E-state index is 11.3. The molecule has 0 bridgehead atoms. The Morgan fingerprint density at radius 1 is 1.19 bits per heavy atom. The van der Waals surface area contributed by atoms with E-state index in [4.69, 9.17) is 4.74 Å². The number of hydrogen-bond acceptors (Lipinski definition) is 4. The molecule has 26 heavy (non-hydrogen) atoms. The molecular weight excluding hydrogens is 350 g/mol. The van der Waals surface area contributed by atoms with Gasteiger partial charge >= 0.3 is 0 Å². The molecule has 0 radical (unpaired) electrons. The SMILES string of the molecule is C/C(=C\C=C(/C)S(C)(=O)=O)OCCC[C@@H]1C[C@@H]1C1CCCN(C=O)CC1.